The van der Waals surface area contributed by atoms with Crippen LogP contribution in [0.5, 0.6) is 6.01 Å². The van der Waals surface area contributed by atoms with Crippen molar-refractivity contribution >= 4 is 5.91 Å². The molecule has 27 heavy (non-hydrogen) atoms. The van der Waals surface area contributed by atoms with Crippen LogP contribution in [0.3, 0.4) is 0 Å². The van der Waals surface area contributed by atoms with Crippen molar-refractivity contribution < 1.29 is 9.53 Å². The molecule has 5 heteroatoms. The first-order valence-electron chi connectivity index (χ1n) is 10.0. The molecule has 1 aliphatic rings. The molecule has 1 heterocycles. The molecule has 1 saturated carbocycles. The molecule has 0 spiro atoms. The highest BCUT2D eigenvalue weighted by atomic mass is 16.5. The van der Waals surface area contributed by atoms with E-state index in [-0.39, 0.29) is 29.4 Å². The van der Waals surface area contributed by atoms with Crippen molar-refractivity contribution in [3.8, 4) is 17.4 Å². The summed E-state index contributed by atoms with van der Waals surface area (Å²) in [7, 11) is 0. The summed E-state index contributed by atoms with van der Waals surface area (Å²) in [6.07, 6.45) is 5.25. The fourth-order valence-corrected chi connectivity index (χ4v) is 3.54. The van der Waals surface area contributed by atoms with Gasteiger partial charge in [-0.3, -0.25) is 4.79 Å². The van der Waals surface area contributed by atoms with Gasteiger partial charge in [0.2, 0.25) is 0 Å². The van der Waals surface area contributed by atoms with Crippen LogP contribution in [0.25, 0.3) is 11.4 Å². The molecule has 1 fully saturated rings. The predicted molar refractivity (Wildman–Crippen MR) is 107 cm³/mol. The van der Waals surface area contributed by atoms with Gasteiger partial charge in [0.05, 0.1) is 6.10 Å². The third-order valence-electron chi connectivity index (χ3n) is 5.10. The summed E-state index contributed by atoms with van der Waals surface area (Å²) >= 11 is 0. The molecule has 0 unspecified atom stereocenters. The van der Waals surface area contributed by atoms with Crippen molar-refractivity contribution in [3.05, 3.63) is 29.8 Å². The number of ether oxygens (including phenoxy) is 1. The SMILES string of the molecule is CC(C)Oc1nc(-c2ccc(C(C)(C)C)cc2)n(C(=O)C2CCCCC2)n1. The Hall–Kier alpha value is -2.17. The molecule has 0 aliphatic heterocycles. The summed E-state index contributed by atoms with van der Waals surface area (Å²) in [6, 6.07) is 8.51. The number of hydrogen-bond donors (Lipinski definition) is 0. The number of aromatic nitrogens is 3. The number of rotatable bonds is 4. The Balaban J connectivity index is 1.97. The minimum atomic E-state index is -0.0400. The molecule has 0 radical (unpaired) electrons. The third kappa shape index (κ3) is 4.57. The van der Waals surface area contributed by atoms with Gasteiger partial charge in [-0.25, -0.2) is 0 Å². The maximum Gasteiger partial charge on any atom is 0.336 e. The van der Waals surface area contributed by atoms with Gasteiger partial charge in [0, 0.05) is 11.5 Å². The van der Waals surface area contributed by atoms with Crippen LogP contribution in [0.4, 0.5) is 0 Å². The molecule has 2 aromatic rings. The van der Waals surface area contributed by atoms with E-state index in [9.17, 15) is 4.79 Å². The van der Waals surface area contributed by atoms with Gasteiger partial charge in [-0.1, -0.05) is 64.3 Å². The van der Waals surface area contributed by atoms with E-state index in [2.05, 4.69) is 43.0 Å². The average molecular weight is 370 g/mol. The first-order valence-corrected chi connectivity index (χ1v) is 10.0. The fraction of sp³-hybridized carbons (Fsp3) is 0.591. The molecule has 146 valence electrons. The summed E-state index contributed by atoms with van der Waals surface area (Å²) in [5.74, 6) is 0.636. The zero-order valence-electron chi connectivity index (χ0n) is 17.2. The second kappa shape index (κ2) is 7.83. The number of benzene rings is 1. The van der Waals surface area contributed by atoms with Crippen LogP contribution in [0, 0.1) is 5.92 Å². The molecule has 5 nitrogen and oxygen atoms in total. The van der Waals surface area contributed by atoms with Crippen molar-refractivity contribution in [3.63, 3.8) is 0 Å². The Kier molecular flexibility index (Phi) is 5.68. The normalized spacial score (nSPS) is 15.9. The zero-order chi connectivity index (χ0) is 19.6. The maximum absolute atomic E-state index is 13.1. The Morgan fingerprint density at radius 2 is 1.74 bits per heavy atom. The van der Waals surface area contributed by atoms with Crippen molar-refractivity contribution in [2.24, 2.45) is 5.92 Å². The summed E-state index contributed by atoms with van der Waals surface area (Å²) < 4.78 is 7.15. The second-order valence-corrected chi connectivity index (χ2v) is 8.80. The monoisotopic (exact) mass is 369 g/mol. The van der Waals surface area contributed by atoms with Gasteiger partial charge < -0.3 is 4.74 Å². The highest BCUT2D eigenvalue weighted by molar-refractivity contribution is 5.84. The summed E-state index contributed by atoms with van der Waals surface area (Å²) in [4.78, 5) is 17.7. The Bertz CT molecular complexity index is 779. The van der Waals surface area contributed by atoms with Gasteiger partial charge in [-0.2, -0.15) is 9.67 Å². The van der Waals surface area contributed by atoms with E-state index in [1.807, 2.05) is 26.0 Å². The number of carbonyl (C=O) groups is 1. The van der Waals surface area contributed by atoms with Gasteiger partial charge in [-0.05, 0) is 37.7 Å². The van der Waals surface area contributed by atoms with Gasteiger partial charge in [0.15, 0.2) is 5.82 Å². The lowest BCUT2D eigenvalue weighted by atomic mass is 9.86. The molecular weight excluding hydrogens is 338 g/mol. The standard InChI is InChI=1S/C22H31N3O2/c1-15(2)27-21-23-19(16-11-13-18(14-12-16)22(3,4)5)25(24-21)20(26)17-9-7-6-8-10-17/h11-15,17H,6-10H2,1-5H3. The van der Waals surface area contributed by atoms with Crippen molar-refractivity contribution in [2.75, 3.05) is 0 Å². The topological polar surface area (TPSA) is 57.0 Å². The van der Waals surface area contributed by atoms with Crippen LogP contribution in [-0.2, 0) is 5.41 Å². The summed E-state index contributed by atoms with van der Waals surface area (Å²) in [5, 5.41) is 4.41. The molecule has 1 aromatic carbocycles. The van der Waals surface area contributed by atoms with Crippen LogP contribution in [0.15, 0.2) is 24.3 Å². The van der Waals surface area contributed by atoms with Gasteiger partial charge in [-0.15, -0.1) is 5.10 Å². The highest BCUT2D eigenvalue weighted by Gasteiger charge is 2.27. The molecule has 0 N–H and O–H groups in total. The zero-order valence-corrected chi connectivity index (χ0v) is 17.2. The van der Waals surface area contributed by atoms with Gasteiger partial charge >= 0.3 is 6.01 Å². The number of hydrogen-bond acceptors (Lipinski definition) is 4. The lowest BCUT2D eigenvalue weighted by molar-refractivity contribution is 0.0783. The second-order valence-electron chi connectivity index (χ2n) is 8.80. The Morgan fingerprint density at radius 1 is 1.11 bits per heavy atom. The molecule has 0 bridgehead atoms. The minimum absolute atomic E-state index is 0.0277. The molecule has 0 atom stereocenters. The van der Waals surface area contributed by atoms with Crippen LogP contribution in [-0.4, -0.2) is 26.8 Å². The lowest BCUT2D eigenvalue weighted by Gasteiger charge is -2.21. The quantitative estimate of drug-likeness (QED) is 0.738. The summed E-state index contributed by atoms with van der Waals surface area (Å²) in [5.41, 5.74) is 2.21. The van der Waals surface area contributed by atoms with E-state index in [1.54, 1.807) is 0 Å². The molecule has 0 amide bonds. The molecule has 3 rings (SSSR count). The van der Waals surface area contributed by atoms with Crippen LogP contribution < -0.4 is 4.74 Å². The van der Waals surface area contributed by atoms with Gasteiger partial charge in [0.1, 0.15) is 0 Å². The minimum Gasteiger partial charge on any atom is -0.460 e. The highest BCUT2D eigenvalue weighted by Crippen LogP contribution is 2.29. The maximum atomic E-state index is 13.1. The third-order valence-corrected chi connectivity index (χ3v) is 5.10. The summed E-state index contributed by atoms with van der Waals surface area (Å²) in [6.45, 7) is 10.4. The van der Waals surface area contributed by atoms with E-state index >= 15 is 0 Å². The van der Waals surface area contributed by atoms with E-state index in [1.165, 1.54) is 16.7 Å². The molecular formula is C22H31N3O2. The predicted octanol–water partition coefficient (Wildman–Crippen LogP) is 5.25. The van der Waals surface area contributed by atoms with E-state index in [0.717, 1.165) is 31.2 Å². The van der Waals surface area contributed by atoms with Crippen molar-refractivity contribution in [2.45, 2.75) is 78.2 Å². The van der Waals surface area contributed by atoms with E-state index in [0.29, 0.717) is 5.82 Å². The first-order chi connectivity index (χ1) is 12.8. The van der Waals surface area contributed by atoms with E-state index < -0.39 is 0 Å². The number of carbonyl (C=O) groups excluding carboxylic acids is 1. The smallest absolute Gasteiger partial charge is 0.336 e. The van der Waals surface area contributed by atoms with Crippen molar-refractivity contribution in [1.29, 1.82) is 0 Å². The first kappa shape index (κ1) is 19.6. The average Bonchev–Trinajstić information content (AvgIpc) is 3.04. The Morgan fingerprint density at radius 3 is 2.30 bits per heavy atom. The van der Waals surface area contributed by atoms with Gasteiger partial charge in [0.25, 0.3) is 5.91 Å². The largest absolute Gasteiger partial charge is 0.460 e. The van der Waals surface area contributed by atoms with Crippen LogP contribution >= 0.6 is 0 Å². The van der Waals surface area contributed by atoms with Crippen LogP contribution in [0.2, 0.25) is 0 Å². The fourth-order valence-electron chi connectivity index (χ4n) is 3.54. The lowest BCUT2D eigenvalue weighted by Crippen LogP contribution is -2.25. The van der Waals surface area contributed by atoms with E-state index in [4.69, 9.17) is 4.74 Å². The Labute approximate surface area is 162 Å². The van der Waals surface area contributed by atoms with Crippen molar-refractivity contribution in [1.82, 2.24) is 14.8 Å². The molecule has 0 saturated heterocycles. The molecule has 1 aromatic heterocycles. The number of nitrogens with zero attached hydrogens (tertiary/aromatic N) is 3. The molecule has 1 aliphatic carbocycles. The van der Waals surface area contributed by atoms with Crippen LogP contribution in [0.1, 0.15) is 77.1 Å².